The van der Waals surface area contributed by atoms with Gasteiger partial charge in [0.1, 0.15) is 11.2 Å². The number of hydrogen-bond acceptors (Lipinski definition) is 3. The maximum Gasteiger partial charge on any atom is 0.143 e. The Morgan fingerprint density at radius 2 is 1.02 bits per heavy atom. The molecule has 0 amide bonds. The molecular formula is C52H33NOS. The molecule has 0 radical (unpaired) electrons. The molecule has 0 spiro atoms. The third-order valence-corrected chi connectivity index (χ3v) is 12.0. The fourth-order valence-corrected chi connectivity index (χ4v) is 9.51. The van der Waals surface area contributed by atoms with E-state index in [9.17, 15) is 0 Å². The molecule has 0 unspecified atom stereocenters. The van der Waals surface area contributed by atoms with Crippen LogP contribution in [0.1, 0.15) is 0 Å². The van der Waals surface area contributed by atoms with Crippen LogP contribution in [0.3, 0.4) is 0 Å². The molecule has 258 valence electrons. The summed E-state index contributed by atoms with van der Waals surface area (Å²) in [6, 6.07) is 72.2. The number of rotatable bonds is 6. The number of benzene rings is 9. The van der Waals surface area contributed by atoms with Gasteiger partial charge >= 0.3 is 0 Å². The van der Waals surface area contributed by atoms with Crippen LogP contribution in [0.4, 0.5) is 17.1 Å². The first-order valence-corrected chi connectivity index (χ1v) is 19.5. The third kappa shape index (κ3) is 5.24. The average Bonchev–Trinajstić information content (AvgIpc) is 3.83. The molecule has 11 rings (SSSR count). The molecule has 2 aromatic heterocycles. The molecule has 0 saturated heterocycles. The Hall–Kier alpha value is -6.94. The van der Waals surface area contributed by atoms with Crippen LogP contribution in [0, 0.1) is 0 Å². The van der Waals surface area contributed by atoms with E-state index >= 15 is 0 Å². The summed E-state index contributed by atoms with van der Waals surface area (Å²) in [6.45, 7) is 0. The predicted molar refractivity (Wildman–Crippen MR) is 235 cm³/mol. The maximum absolute atomic E-state index is 6.45. The number of anilines is 3. The van der Waals surface area contributed by atoms with Gasteiger partial charge in [-0.2, -0.15) is 0 Å². The van der Waals surface area contributed by atoms with Crippen LogP contribution in [-0.2, 0) is 0 Å². The Bertz CT molecular complexity index is 3220. The Morgan fingerprint density at radius 1 is 0.382 bits per heavy atom. The van der Waals surface area contributed by atoms with Gasteiger partial charge in [-0.3, -0.25) is 0 Å². The minimum absolute atomic E-state index is 0.906. The van der Waals surface area contributed by atoms with Crippen molar-refractivity contribution in [2.45, 2.75) is 0 Å². The highest BCUT2D eigenvalue weighted by atomic mass is 32.1. The number of para-hydroxylation sites is 3. The van der Waals surface area contributed by atoms with Crippen LogP contribution >= 0.6 is 11.3 Å². The molecule has 2 heterocycles. The number of nitrogens with zero attached hydrogens (tertiary/aromatic N) is 1. The van der Waals surface area contributed by atoms with Crippen LogP contribution in [0.25, 0.3) is 86.3 Å². The second kappa shape index (κ2) is 12.9. The first-order chi connectivity index (χ1) is 27.3. The zero-order valence-electron chi connectivity index (χ0n) is 29.8. The van der Waals surface area contributed by atoms with E-state index in [1.54, 1.807) is 0 Å². The van der Waals surface area contributed by atoms with Gasteiger partial charge in [0.2, 0.25) is 0 Å². The monoisotopic (exact) mass is 719 g/mol. The van der Waals surface area contributed by atoms with Gasteiger partial charge in [0.25, 0.3) is 0 Å². The van der Waals surface area contributed by atoms with Crippen molar-refractivity contribution in [1.82, 2.24) is 0 Å². The van der Waals surface area contributed by atoms with Gasteiger partial charge in [0.15, 0.2) is 0 Å². The maximum atomic E-state index is 6.45. The molecule has 2 nitrogen and oxygen atoms in total. The fourth-order valence-electron chi connectivity index (χ4n) is 8.38. The largest absolute Gasteiger partial charge is 0.455 e. The van der Waals surface area contributed by atoms with Crippen molar-refractivity contribution in [3.63, 3.8) is 0 Å². The highest BCUT2D eigenvalue weighted by Crippen LogP contribution is 2.46. The Kier molecular flexibility index (Phi) is 7.39. The van der Waals surface area contributed by atoms with E-state index in [4.69, 9.17) is 4.42 Å². The molecule has 0 aliphatic rings. The summed E-state index contributed by atoms with van der Waals surface area (Å²) in [6.07, 6.45) is 0. The summed E-state index contributed by atoms with van der Waals surface area (Å²) < 4.78 is 9.06. The van der Waals surface area contributed by atoms with Crippen molar-refractivity contribution in [2.24, 2.45) is 0 Å². The molecule has 11 aromatic rings. The second-order valence-electron chi connectivity index (χ2n) is 14.0. The fraction of sp³-hybridized carbons (Fsp3) is 0. The summed E-state index contributed by atoms with van der Waals surface area (Å²) in [4.78, 5) is 2.41. The normalized spacial score (nSPS) is 11.6. The molecule has 0 N–H and O–H groups in total. The molecule has 0 aliphatic heterocycles. The van der Waals surface area contributed by atoms with Crippen molar-refractivity contribution >= 4 is 81.3 Å². The topological polar surface area (TPSA) is 16.4 Å². The predicted octanol–water partition coefficient (Wildman–Crippen LogP) is 15.6. The number of hydrogen-bond donors (Lipinski definition) is 0. The van der Waals surface area contributed by atoms with E-state index in [2.05, 4.69) is 193 Å². The highest BCUT2D eigenvalue weighted by Gasteiger charge is 2.20. The quantitative estimate of drug-likeness (QED) is 0.170. The van der Waals surface area contributed by atoms with E-state index in [0.717, 1.165) is 50.1 Å². The lowest BCUT2D eigenvalue weighted by Gasteiger charge is -2.29. The summed E-state index contributed by atoms with van der Waals surface area (Å²) in [7, 11) is 0. The average molecular weight is 720 g/mol. The minimum Gasteiger partial charge on any atom is -0.455 e. The van der Waals surface area contributed by atoms with Crippen molar-refractivity contribution < 1.29 is 4.42 Å². The van der Waals surface area contributed by atoms with Gasteiger partial charge < -0.3 is 9.32 Å². The summed E-state index contributed by atoms with van der Waals surface area (Å²) in [5.41, 5.74) is 12.1. The van der Waals surface area contributed by atoms with E-state index in [-0.39, 0.29) is 0 Å². The van der Waals surface area contributed by atoms with Crippen molar-refractivity contribution in [1.29, 1.82) is 0 Å². The lowest BCUT2D eigenvalue weighted by atomic mass is 9.95. The van der Waals surface area contributed by atoms with Crippen LogP contribution < -0.4 is 4.90 Å². The number of thiophene rings is 1. The molecular weight excluding hydrogens is 687 g/mol. The zero-order valence-corrected chi connectivity index (χ0v) is 30.6. The second-order valence-corrected chi connectivity index (χ2v) is 15.1. The molecule has 3 heteroatoms. The zero-order chi connectivity index (χ0) is 36.3. The molecule has 0 atom stereocenters. The Balaban J connectivity index is 1.10. The molecule has 0 fully saturated rings. The van der Waals surface area contributed by atoms with E-state index in [1.165, 1.54) is 53.2 Å². The van der Waals surface area contributed by atoms with Gasteiger partial charge in [-0.1, -0.05) is 152 Å². The third-order valence-electron chi connectivity index (χ3n) is 10.9. The van der Waals surface area contributed by atoms with E-state index in [0.29, 0.717) is 0 Å². The van der Waals surface area contributed by atoms with Gasteiger partial charge in [0.05, 0.1) is 5.69 Å². The molecule has 0 aliphatic carbocycles. The minimum atomic E-state index is 0.906. The van der Waals surface area contributed by atoms with Crippen molar-refractivity contribution in [2.75, 3.05) is 4.90 Å². The first kappa shape index (κ1) is 31.6. The van der Waals surface area contributed by atoms with Crippen molar-refractivity contribution in [3.8, 4) is 33.4 Å². The number of fused-ring (bicyclic) bond motifs is 7. The van der Waals surface area contributed by atoms with Crippen LogP contribution in [0.15, 0.2) is 205 Å². The first-order valence-electron chi connectivity index (χ1n) is 18.7. The van der Waals surface area contributed by atoms with E-state index < -0.39 is 0 Å². The van der Waals surface area contributed by atoms with Gasteiger partial charge in [-0.15, -0.1) is 11.3 Å². The molecule has 0 saturated carbocycles. The Labute approximate surface area is 322 Å². The lowest BCUT2D eigenvalue weighted by Crippen LogP contribution is -2.11. The highest BCUT2D eigenvalue weighted by molar-refractivity contribution is 7.25. The smallest absolute Gasteiger partial charge is 0.143 e. The van der Waals surface area contributed by atoms with Crippen molar-refractivity contribution in [3.05, 3.63) is 200 Å². The van der Waals surface area contributed by atoms with Gasteiger partial charge in [0, 0.05) is 53.4 Å². The molecule has 55 heavy (non-hydrogen) atoms. The molecule has 9 aromatic carbocycles. The Morgan fingerprint density at radius 3 is 1.95 bits per heavy atom. The summed E-state index contributed by atoms with van der Waals surface area (Å²) in [5, 5.41) is 7.34. The van der Waals surface area contributed by atoms with Gasteiger partial charge in [-0.25, -0.2) is 0 Å². The van der Waals surface area contributed by atoms with Crippen LogP contribution in [-0.4, -0.2) is 0 Å². The lowest BCUT2D eigenvalue weighted by molar-refractivity contribution is 0.670. The van der Waals surface area contributed by atoms with Crippen LogP contribution in [0.2, 0.25) is 0 Å². The molecule has 0 bridgehead atoms. The SMILES string of the molecule is c1cc(-c2cccc3sc4ccccc4c23)cc(N(c2ccc(-c3cccc4c3oc3ccccc34)cc2)c2ccccc2-c2cccc3ccccc23)c1. The van der Waals surface area contributed by atoms with E-state index in [1.807, 2.05) is 23.5 Å². The van der Waals surface area contributed by atoms with Gasteiger partial charge in [-0.05, 0) is 81.6 Å². The standard InChI is InChI=1S/C52H33NOS/c1-2-17-39-34(13-1)14-10-23-42(39)43-18-3-6-25-47(43)53(37-31-29-35(30-32-37)41-22-11-24-45-44-19-4-7-26-48(44)54-52(41)45)38-16-9-15-36(33-38)40-21-12-28-50-51(40)46-20-5-8-27-49(46)55-50/h1-33H. The summed E-state index contributed by atoms with van der Waals surface area (Å²) >= 11 is 1.86. The van der Waals surface area contributed by atoms with Crippen LogP contribution in [0.5, 0.6) is 0 Å². The summed E-state index contributed by atoms with van der Waals surface area (Å²) in [5.74, 6) is 0. The number of furan rings is 1.